The number of amides is 1. The largest absolute Gasteiger partial charge is 0.466 e. The van der Waals surface area contributed by atoms with Crippen LogP contribution in [0.4, 0.5) is 0 Å². The third-order valence-electron chi connectivity index (χ3n) is 4.26. The van der Waals surface area contributed by atoms with Gasteiger partial charge in [-0.1, -0.05) is 12.1 Å². The normalized spacial score (nSPS) is 14.6. The highest BCUT2D eigenvalue weighted by Gasteiger charge is 2.28. The van der Waals surface area contributed by atoms with E-state index in [-0.39, 0.29) is 24.4 Å². The molecule has 0 aliphatic carbocycles. The summed E-state index contributed by atoms with van der Waals surface area (Å²) in [4.78, 5) is 37.2. The molecule has 1 aromatic rings. The van der Waals surface area contributed by atoms with Crippen LogP contribution in [0.2, 0.25) is 0 Å². The van der Waals surface area contributed by atoms with Crippen LogP contribution in [0, 0.1) is 17.2 Å². The fraction of sp³-hybridized carbons (Fsp3) is 0.400. The Morgan fingerprint density at radius 1 is 1.19 bits per heavy atom. The number of ether oxygens (including phenoxy) is 2. The van der Waals surface area contributed by atoms with Crippen LogP contribution in [0.15, 0.2) is 30.3 Å². The quantitative estimate of drug-likeness (QED) is 0.561. The van der Waals surface area contributed by atoms with Crippen LogP contribution in [-0.4, -0.2) is 49.0 Å². The van der Waals surface area contributed by atoms with Crippen molar-refractivity contribution >= 4 is 23.9 Å². The first-order valence-electron chi connectivity index (χ1n) is 8.83. The maximum Gasteiger partial charge on any atom is 0.331 e. The summed E-state index contributed by atoms with van der Waals surface area (Å²) in [6.45, 7) is 2.67. The zero-order valence-electron chi connectivity index (χ0n) is 15.2. The van der Waals surface area contributed by atoms with Crippen molar-refractivity contribution in [1.82, 2.24) is 4.90 Å². The lowest BCUT2D eigenvalue weighted by atomic mass is 9.97. The number of esters is 2. The molecule has 7 nitrogen and oxygen atoms in total. The van der Waals surface area contributed by atoms with E-state index in [0.717, 1.165) is 5.56 Å². The molecule has 7 heteroatoms. The van der Waals surface area contributed by atoms with Gasteiger partial charge in [0, 0.05) is 19.2 Å². The minimum Gasteiger partial charge on any atom is -0.466 e. The van der Waals surface area contributed by atoms with Gasteiger partial charge in [-0.2, -0.15) is 5.26 Å². The Balaban J connectivity index is 1.73. The fourth-order valence-electron chi connectivity index (χ4n) is 2.73. The number of carbonyl (C=O) groups is 3. The maximum atomic E-state index is 12.1. The van der Waals surface area contributed by atoms with Crippen LogP contribution >= 0.6 is 0 Å². The minimum absolute atomic E-state index is 0.174. The van der Waals surface area contributed by atoms with Gasteiger partial charge < -0.3 is 14.4 Å². The van der Waals surface area contributed by atoms with E-state index in [1.165, 1.54) is 6.08 Å². The van der Waals surface area contributed by atoms with Crippen molar-refractivity contribution in [3.63, 3.8) is 0 Å². The van der Waals surface area contributed by atoms with Gasteiger partial charge in [-0.05, 0) is 43.5 Å². The number of rotatable bonds is 6. The lowest BCUT2D eigenvalue weighted by molar-refractivity contribution is -0.153. The van der Waals surface area contributed by atoms with E-state index >= 15 is 0 Å². The zero-order valence-corrected chi connectivity index (χ0v) is 15.2. The molecule has 0 aromatic heterocycles. The molecule has 0 atom stereocenters. The van der Waals surface area contributed by atoms with Crippen LogP contribution in [0.1, 0.15) is 30.9 Å². The second kappa shape index (κ2) is 10.1. The van der Waals surface area contributed by atoms with Gasteiger partial charge in [0.2, 0.25) is 0 Å². The lowest BCUT2D eigenvalue weighted by Crippen LogP contribution is -2.42. The second-order valence-electron chi connectivity index (χ2n) is 6.08. The maximum absolute atomic E-state index is 12.1. The molecule has 1 aliphatic rings. The van der Waals surface area contributed by atoms with Crippen LogP contribution < -0.4 is 0 Å². The first kappa shape index (κ1) is 20.2. The number of likely N-dealkylation sites (tertiary alicyclic amines) is 1. The van der Waals surface area contributed by atoms with Crippen LogP contribution in [0.3, 0.4) is 0 Å². The van der Waals surface area contributed by atoms with Crippen molar-refractivity contribution in [2.24, 2.45) is 5.92 Å². The van der Waals surface area contributed by atoms with Crippen molar-refractivity contribution in [2.75, 3.05) is 26.3 Å². The highest BCUT2D eigenvalue weighted by Crippen LogP contribution is 2.18. The van der Waals surface area contributed by atoms with Crippen molar-refractivity contribution in [2.45, 2.75) is 19.8 Å². The predicted molar refractivity (Wildman–Crippen MR) is 97.1 cm³/mol. The molecule has 1 heterocycles. The molecular weight excluding hydrogens is 348 g/mol. The van der Waals surface area contributed by atoms with Crippen molar-refractivity contribution < 1.29 is 23.9 Å². The Morgan fingerprint density at radius 3 is 2.44 bits per heavy atom. The smallest absolute Gasteiger partial charge is 0.331 e. The lowest BCUT2D eigenvalue weighted by Gasteiger charge is -2.30. The molecular formula is C20H22N2O5. The van der Waals surface area contributed by atoms with Gasteiger partial charge in [0.15, 0.2) is 6.61 Å². The Hall–Kier alpha value is -3.14. The summed E-state index contributed by atoms with van der Waals surface area (Å²) in [6, 6.07) is 8.73. The van der Waals surface area contributed by atoms with E-state index in [9.17, 15) is 14.4 Å². The van der Waals surface area contributed by atoms with Gasteiger partial charge in [-0.25, -0.2) is 4.79 Å². The number of benzene rings is 1. The highest BCUT2D eigenvalue weighted by molar-refractivity contribution is 5.89. The molecule has 1 fully saturated rings. The predicted octanol–water partition coefficient (Wildman–Crippen LogP) is 1.92. The minimum atomic E-state index is -0.617. The first-order chi connectivity index (χ1) is 13.0. The molecule has 0 spiro atoms. The van der Waals surface area contributed by atoms with Gasteiger partial charge in [-0.3, -0.25) is 9.59 Å². The summed E-state index contributed by atoms with van der Waals surface area (Å²) >= 11 is 0. The summed E-state index contributed by atoms with van der Waals surface area (Å²) in [5.41, 5.74) is 1.28. The molecule has 1 aromatic carbocycles. The van der Waals surface area contributed by atoms with Gasteiger partial charge in [0.05, 0.1) is 24.2 Å². The number of carbonyl (C=O) groups excluding carboxylic acids is 3. The zero-order chi connectivity index (χ0) is 19.6. The number of hydrogen-bond donors (Lipinski definition) is 0. The van der Waals surface area contributed by atoms with E-state index < -0.39 is 5.97 Å². The fourth-order valence-corrected chi connectivity index (χ4v) is 2.73. The molecule has 0 saturated carbocycles. The SMILES string of the molecule is CCOC(=O)C1CCN(C(=O)COC(=O)/C=C/c2ccc(C#N)cc2)CC1. The average molecular weight is 370 g/mol. The molecule has 2 rings (SSSR count). The van der Waals surface area contributed by atoms with Crippen LogP contribution in [-0.2, 0) is 23.9 Å². The summed E-state index contributed by atoms with van der Waals surface area (Å²) in [7, 11) is 0. The van der Waals surface area contributed by atoms with Crippen LogP contribution in [0.5, 0.6) is 0 Å². The highest BCUT2D eigenvalue weighted by atomic mass is 16.5. The van der Waals surface area contributed by atoms with Gasteiger partial charge in [-0.15, -0.1) is 0 Å². The second-order valence-corrected chi connectivity index (χ2v) is 6.08. The Kier molecular flexibility index (Phi) is 7.56. The summed E-state index contributed by atoms with van der Waals surface area (Å²) in [5.74, 6) is -1.29. The van der Waals surface area contributed by atoms with Gasteiger partial charge in [0.1, 0.15) is 0 Å². The summed E-state index contributed by atoms with van der Waals surface area (Å²) in [6.07, 6.45) is 3.90. The van der Waals surface area contributed by atoms with Crippen molar-refractivity contribution in [1.29, 1.82) is 5.26 Å². The molecule has 142 valence electrons. The molecule has 0 bridgehead atoms. The molecule has 27 heavy (non-hydrogen) atoms. The molecule has 0 radical (unpaired) electrons. The topological polar surface area (TPSA) is 96.7 Å². The van der Waals surface area contributed by atoms with E-state index in [1.54, 1.807) is 42.2 Å². The third-order valence-corrected chi connectivity index (χ3v) is 4.26. The van der Waals surface area contributed by atoms with Gasteiger partial charge in [0.25, 0.3) is 5.91 Å². The molecule has 1 amide bonds. The van der Waals surface area contributed by atoms with Crippen molar-refractivity contribution in [3.8, 4) is 6.07 Å². The molecule has 0 N–H and O–H groups in total. The van der Waals surface area contributed by atoms with E-state index in [1.807, 2.05) is 6.07 Å². The number of nitrogens with zero attached hydrogens (tertiary/aromatic N) is 2. The van der Waals surface area contributed by atoms with Gasteiger partial charge >= 0.3 is 11.9 Å². The monoisotopic (exact) mass is 370 g/mol. The number of piperidine rings is 1. The molecule has 0 unspecified atom stereocenters. The third kappa shape index (κ3) is 6.26. The Morgan fingerprint density at radius 2 is 1.85 bits per heavy atom. The first-order valence-corrected chi connectivity index (χ1v) is 8.83. The number of nitriles is 1. The van der Waals surface area contributed by atoms with E-state index in [0.29, 0.717) is 38.1 Å². The standard InChI is InChI=1S/C20H22N2O5/c1-2-26-20(25)17-9-11-22(12-10-17)18(23)14-27-19(24)8-7-15-3-5-16(13-21)6-4-15/h3-8,17H,2,9-12,14H2,1H3/b8-7+. The van der Waals surface area contributed by atoms with E-state index in [2.05, 4.69) is 0 Å². The summed E-state index contributed by atoms with van der Waals surface area (Å²) in [5, 5.41) is 8.74. The molecule has 1 aliphatic heterocycles. The van der Waals surface area contributed by atoms with Crippen molar-refractivity contribution in [3.05, 3.63) is 41.5 Å². The summed E-state index contributed by atoms with van der Waals surface area (Å²) < 4.78 is 9.97. The van der Waals surface area contributed by atoms with Crippen LogP contribution in [0.25, 0.3) is 6.08 Å². The number of hydrogen-bond acceptors (Lipinski definition) is 6. The Bertz CT molecular complexity index is 741. The Labute approximate surface area is 158 Å². The van der Waals surface area contributed by atoms with E-state index in [4.69, 9.17) is 14.7 Å². The molecule has 1 saturated heterocycles. The average Bonchev–Trinajstić information content (AvgIpc) is 2.71.